The lowest BCUT2D eigenvalue weighted by Gasteiger charge is -2.19. The Labute approximate surface area is 117 Å². The van der Waals surface area contributed by atoms with Crippen LogP contribution in [0.1, 0.15) is 17.2 Å². The van der Waals surface area contributed by atoms with Crippen LogP contribution in [0.5, 0.6) is 0 Å². The Morgan fingerprint density at radius 1 is 1.30 bits per heavy atom. The van der Waals surface area contributed by atoms with Crippen molar-refractivity contribution in [3.8, 4) is 0 Å². The molecule has 0 saturated carbocycles. The minimum atomic E-state index is 0.00121. The van der Waals surface area contributed by atoms with Gasteiger partial charge in [0, 0.05) is 18.9 Å². The molecule has 0 fully saturated rings. The number of para-hydroxylation sites is 2. The fourth-order valence-corrected chi connectivity index (χ4v) is 2.43. The zero-order valence-electron chi connectivity index (χ0n) is 11.3. The summed E-state index contributed by atoms with van der Waals surface area (Å²) in [7, 11) is 0. The van der Waals surface area contributed by atoms with E-state index in [1.165, 1.54) is 5.56 Å². The quantitative estimate of drug-likeness (QED) is 0.560. The summed E-state index contributed by atoms with van der Waals surface area (Å²) in [5.41, 5.74) is 7.25. The van der Waals surface area contributed by atoms with Gasteiger partial charge in [0.2, 0.25) is 0 Å². The number of hydrogen-bond acceptors (Lipinski definition) is 4. The predicted molar refractivity (Wildman–Crippen MR) is 78.8 cm³/mol. The molecule has 2 aromatic heterocycles. The van der Waals surface area contributed by atoms with Crippen LogP contribution >= 0.6 is 0 Å². The Kier molecular flexibility index (Phi) is 3.45. The molecule has 0 aliphatic rings. The van der Waals surface area contributed by atoms with Crippen molar-refractivity contribution in [1.29, 1.82) is 0 Å². The molecule has 3 rings (SSSR count). The monoisotopic (exact) mass is 267 g/mol. The van der Waals surface area contributed by atoms with Gasteiger partial charge in [0.15, 0.2) is 0 Å². The molecule has 5 nitrogen and oxygen atoms in total. The first-order valence-electron chi connectivity index (χ1n) is 6.56. The molecule has 0 aliphatic carbocycles. The predicted octanol–water partition coefficient (Wildman–Crippen LogP) is 1.94. The van der Waals surface area contributed by atoms with Gasteiger partial charge in [-0.3, -0.25) is 16.3 Å². The van der Waals surface area contributed by atoms with Crippen molar-refractivity contribution in [3.63, 3.8) is 0 Å². The van der Waals surface area contributed by atoms with Crippen molar-refractivity contribution < 1.29 is 0 Å². The first-order valence-corrected chi connectivity index (χ1v) is 6.56. The van der Waals surface area contributed by atoms with E-state index in [0.29, 0.717) is 6.54 Å². The number of aromatic nitrogens is 3. The molecule has 102 valence electrons. The van der Waals surface area contributed by atoms with E-state index >= 15 is 0 Å². The normalized spacial score (nSPS) is 12.7. The molecule has 1 aromatic carbocycles. The van der Waals surface area contributed by atoms with Crippen molar-refractivity contribution in [3.05, 3.63) is 60.2 Å². The molecule has 0 amide bonds. The summed E-state index contributed by atoms with van der Waals surface area (Å²) in [6.45, 7) is 2.77. The van der Waals surface area contributed by atoms with E-state index in [9.17, 15) is 0 Å². The fraction of sp³-hybridized carbons (Fsp3) is 0.200. The number of hydrazine groups is 1. The van der Waals surface area contributed by atoms with E-state index in [-0.39, 0.29) is 6.04 Å². The third kappa shape index (κ3) is 2.29. The van der Waals surface area contributed by atoms with Gasteiger partial charge in [-0.1, -0.05) is 12.1 Å². The van der Waals surface area contributed by atoms with Crippen molar-refractivity contribution >= 4 is 11.0 Å². The van der Waals surface area contributed by atoms with E-state index in [0.717, 1.165) is 16.6 Å². The van der Waals surface area contributed by atoms with Gasteiger partial charge in [-0.05, 0) is 36.2 Å². The first kappa shape index (κ1) is 12.8. The van der Waals surface area contributed by atoms with Crippen LogP contribution in [0.4, 0.5) is 0 Å². The van der Waals surface area contributed by atoms with E-state index in [4.69, 9.17) is 5.84 Å². The molecule has 0 aliphatic heterocycles. The molecule has 3 aromatic rings. The van der Waals surface area contributed by atoms with Crippen LogP contribution in [0.2, 0.25) is 0 Å². The van der Waals surface area contributed by atoms with Crippen LogP contribution in [-0.2, 0) is 6.54 Å². The molecule has 5 heteroatoms. The molecule has 3 N–H and O–H groups in total. The number of nitrogens with two attached hydrogens (primary N) is 1. The van der Waals surface area contributed by atoms with E-state index in [1.807, 2.05) is 36.8 Å². The number of nitrogens with zero attached hydrogens (tertiary/aromatic N) is 3. The molecule has 2 heterocycles. The highest BCUT2D eigenvalue weighted by molar-refractivity contribution is 5.74. The van der Waals surface area contributed by atoms with Crippen molar-refractivity contribution in [1.82, 2.24) is 20.0 Å². The third-order valence-corrected chi connectivity index (χ3v) is 3.56. The van der Waals surface area contributed by atoms with E-state index in [2.05, 4.69) is 33.0 Å². The summed E-state index contributed by atoms with van der Waals surface area (Å²) in [6, 6.07) is 10.1. The lowest BCUT2D eigenvalue weighted by Crippen LogP contribution is -2.31. The lowest BCUT2D eigenvalue weighted by atomic mass is 10.0. The molecule has 0 spiro atoms. The van der Waals surface area contributed by atoms with Gasteiger partial charge in [-0.15, -0.1) is 0 Å². The Morgan fingerprint density at radius 2 is 2.15 bits per heavy atom. The summed E-state index contributed by atoms with van der Waals surface area (Å²) in [5, 5.41) is 0. The Hall–Kier alpha value is -2.24. The molecule has 1 atom stereocenters. The average Bonchev–Trinajstić information content (AvgIpc) is 2.89. The van der Waals surface area contributed by atoms with Crippen LogP contribution in [0.3, 0.4) is 0 Å². The fourth-order valence-electron chi connectivity index (χ4n) is 2.43. The third-order valence-electron chi connectivity index (χ3n) is 3.56. The summed E-state index contributed by atoms with van der Waals surface area (Å²) in [4.78, 5) is 8.59. The van der Waals surface area contributed by atoms with Gasteiger partial charge in [0.05, 0.1) is 23.4 Å². The number of nitrogens with one attached hydrogen (secondary N) is 1. The Bertz CT molecular complexity index is 719. The second kappa shape index (κ2) is 5.40. The zero-order valence-corrected chi connectivity index (χ0v) is 11.3. The number of hydrogen-bond donors (Lipinski definition) is 2. The van der Waals surface area contributed by atoms with Crippen LogP contribution in [0.15, 0.2) is 49.1 Å². The van der Waals surface area contributed by atoms with Crippen molar-refractivity contribution in [2.24, 2.45) is 5.84 Å². The van der Waals surface area contributed by atoms with Gasteiger partial charge in [-0.2, -0.15) is 0 Å². The van der Waals surface area contributed by atoms with Gasteiger partial charge >= 0.3 is 0 Å². The first-order chi connectivity index (χ1) is 9.79. The zero-order chi connectivity index (χ0) is 13.9. The number of benzene rings is 1. The van der Waals surface area contributed by atoms with Gasteiger partial charge < -0.3 is 4.57 Å². The van der Waals surface area contributed by atoms with Crippen molar-refractivity contribution in [2.75, 3.05) is 0 Å². The summed E-state index contributed by atoms with van der Waals surface area (Å²) < 4.78 is 2.10. The van der Waals surface area contributed by atoms with Crippen LogP contribution in [-0.4, -0.2) is 14.5 Å². The Balaban J connectivity index is 1.94. The lowest BCUT2D eigenvalue weighted by molar-refractivity contribution is 0.478. The molecule has 20 heavy (non-hydrogen) atoms. The summed E-state index contributed by atoms with van der Waals surface area (Å²) >= 11 is 0. The maximum absolute atomic E-state index is 5.72. The highest BCUT2D eigenvalue weighted by Gasteiger charge is 2.14. The maximum Gasteiger partial charge on any atom is 0.0958 e. The molecule has 0 radical (unpaired) electrons. The number of imidazole rings is 1. The molecule has 0 saturated heterocycles. The number of fused-ring (bicyclic) bond motifs is 1. The molecular formula is C15H17N5. The standard InChI is InChI=1S/C15H17N5/c1-11-6-7-17-8-12(11)14(19-16)9-20-10-18-13-4-2-3-5-15(13)20/h2-8,10,14,19H,9,16H2,1H3. The molecule has 0 bridgehead atoms. The highest BCUT2D eigenvalue weighted by Crippen LogP contribution is 2.20. The second-order valence-corrected chi connectivity index (χ2v) is 4.84. The smallest absolute Gasteiger partial charge is 0.0958 e. The largest absolute Gasteiger partial charge is 0.329 e. The van der Waals surface area contributed by atoms with Crippen LogP contribution in [0, 0.1) is 6.92 Å². The summed E-state index contributed by atoms with van der Waals surface area (Å²) in [6.07, 6.45) is 5.50. The highest BCUT2D eigenvalue weighted by atomic mass is 15.2. The van der Waals surface area contributed by atoms with E-state index in [1.54, 1.807) is 6.20 Å². The number of aryl methyl sites for hydroxylation is 1. The minimum Gasteiger partial charge on any atom is -0.329 e. The Morgan fingerprint density at radius 3 is 2.95 bits per heavy atom. The van der Waals surface area contributed by atoms with E-state index < -0.39 is 0 Å². The van der Waals surface area contributed by atoms with Gasteiger partial charge in [0.25, 0.3) is 0 Å². The van der Waals surface area contributed by atoms with Crippen LogP contribution in [0.25, 0.3) is 11.0 Å². The van der Waals surface area contributed by atoms with Gasteiger partial charge in [0.1, 0.15) is 0 Å². The second-order valence-electron chi connectivity index (χ2n) is 4.84. The summed E-state index contributed by atoms with van der Waals surface area (Å²) in [5.74, 6) is 5.72. The number of rotatable bonds is 4. The average molecular weight is 267 g/mol. The van der Waals surface area contributed by atoms with Crippen LogP contribution < -0.4 is 11.3 Å². The molecule has 1 unspecified atom stereocenters. The van der Waals surface area contributed by atoms with Crippen molar-refractivity contribution in [2.45, 2.75) is 19.5 Å². The SMILES string of the molecule is Cc1ccncc1C(Cn1cnc2ccccc21)NN. The number of pyridine rings is 1. The molecular weight excluding hydrogens is 250 g/mol. The topological polar surface area (TPSA) is 68.8 Å². The minimum absolute atomic E-state index is 0.00121. The van der Waals surface area contributed by atoms with Gasteiger partial charge in [-0.25, -0.2) is 4.98 Å². The maximum atomic E-state index is 5.72.